The fraction of sp³-hybridized carbons (Fsp3) is 0.571. The zero-order valence-electron chi connectivity index (χ0n) is 16.8. The quantitative estimate of drug-likeness (QED) is 0.649. The number of amides is 1. The topological polar surface area (TPSA) is 66.5 Å². The molecule has 0 aromatic heterocycles. The molecule has 1 aliphatic rings. The van der Waals surface area contributed by atoms with Gasteiger partial charge in [0.15, 0.2) is 0 Å². The number of rotatable bonds is 9. The molecule has 0 radical (unpaired) electrons. The number of nitrogens with one attached hydrogen (secondary N) is 1. The molecule has 0 spiro atoms. The second-order valence-electron chi connectivity index (χ2n) is 7.42. The molecule has 150 valence electrons. The maximum Gasteiger partial charge on any atom is 0.232 e. The number of allylic oxidation sites excluding steroid dienone is 1. The number of hydrogen-bond donors (Lipinski definition) is 1. The summed E-state index contributed by atoms with van der Waals surface area (Å²) in [6, 6.07) is 5.63. The van der Waals surface area contributed by atoms with E-state index in [2.05, 4.69) is 11.4 Å². The summed E-state index contributed by atoms with van der Waals surface area (Å²) in [6.07, 6.45) is 10.1. The molecule has 27 heavy (non-hydrogen) atoms. The molecule has 0 aliphatic heterocycles. The van der Waals surface area contributed by atoms with E-state index in [0.717, 1.165) is 30.4 Å². The molecule has 5 nitrogen and oxygen atoms in total. The summed E-state index contributed by atoms with van der Waals surface area (Å²) in [6.45, 7) is 4.93. The molecule has 0 bridgehead atoms. The Balaban J connectivity index is 1.81. The van der Waals surface area contributed by atoms with Gasteiger partial charge in [0.05, 0.1) is 11.9 Å². The van der Waals surface area contributed by atoms with Crippen molar-refractivity contribution in [3.8, 4) is 0 Å². The molecular weight excluding hydrogens is 360 g/mol. The van der Waals surface area contributed by atoms with Crippen LogP contribution in [0.3, 0.4) is 0 Å². The van der Waals surface area contributed by atoms with Crippen molar-refractivity contribution in [3.63, 3.8) is 0 Å². The predicted molar refractivity (Wildman–Crippen MR) is 112 cm³/mol. The van der Waals surface area contributed by atoms with Crippen LogP contribution in [0.4, 0.5) is 5.69 Å². The second-order valence-corrected chi connectivity index (χ2v) is 9.32. The van der Waals surface area contributed by atoms with Crippen LogP contribution in [0, 0.1) is 13.8 Å². The molecule has 1 amide bonds. The van der Waals surface area contributed by atoms with Crippen LogP contribution in [-0.4, -0.2) is 33.7 Å². The van der Waals surface area contributed by atoms with Crippen LogP contribution >= 0.6 is 0 Å². The lowest BCUT2D eigenvalue weighted by Gasteiger charge is -2.23. The van der Waals surface area contributed by atoms with E-state index >= 15 is 0 Å². The lowest BCUT2D eigenvalue weighted by Crippen LogP contribution is -2.32. The Morgan fingerprint density at radius 1 is 1.19 bits per heavy atom. The van der Waals surface area contributed by atoms with Gasteiger partial charge in [0, 0.05) is 19.5 Å². The fourth-order valence-corrected chi connectivity index (χ4v) is 4.29. The van der Waals surface area contributed by atoms with E-state index in [-0.39, 0.29) is 5.91 Å². The SMILES string of the molecule is Cc1ccc(N(CCCC(=O)NCCC2=CCCCC2)S(C)(=O)=O)cc1C. The fourth-order valence-electron chi connectivity index (χ4n) is 3.33. The van der Waals surface area contributed by atoms with E-state index in [0.29, 0.717) is 31.6 Å². The molecule has 1 aromatic rings. The number of benzene rings is 1. The first-order valence-corrected chi connectivity index (χ1v) is 11.6. The second kappa shape index (κ2) is 9.93. The van der Waals surface area contributed by atoms with Crippen molar-refractivity contribution < 1.29 is 13.2 Å². The highest BCUT2D eigenvalue weighted by Gasteiger charge is 2.18. The molecule has 0 saturated heterocycles. The van der Waals surface area contributed by atoms with Crippen LogP contribution in [0.1, 0.15) is 56.1 Å². The Morgan fingerprint density at radius 2 is 1.96 bits per heavy atom. The molecule has 0 heterocycles. The number of carbonyl (C=O) groups is 1. The lowest BCUT2D eigenvalue weighted by molar-refractivity contribution is -0.121. The molecule has 6 heteroatoms. The molecule has 2 rings (SSSR count). The standard InChI is InChI=1S/C21H32N2O3S/c1-17-11-12-20(16-18(17)2)23(27(3,25)26)15-7-10-21(24)22-14-13-19-8-5-4-6-9-19/h8,11-12,16H,4-7,9-10,13-15H2,1-3H3,(H,22,24). The molecule has 0 saturated carbocycles. The van der Waals surface area contributed by atoms with Gasteiger partial charge >= 0.3 is 0 Å². The number of aryl methyl sites for hydroxylation is 2. The molecule has 1 aliphatic carbocycles. The summed E-state index contributed by atoms with van der Waals surface area (Å²) >= 11 is 0. The highest BCUT2D eigenvalue weighted by molar-refractivity contribution is 7.92. The zero-order chi connectivity index (χ0) is 19.9. The van der Waals surface area contributed by atoms with Crippen LogP contribution in [-0.2, 0) is 14.8 Å². The van der Waals surface area contributed by atoms with Crippen LogP contribution in [0.25, 0.3) is 0 Å². The summed E-state index contributed by atoms with van der Waals surface area (Å²) in [5.74, 6) is -0.0139. The maximum atomic E-state index is 12.2. The van der Waals surface area contributed by atoms with Gasteiger partial charge in [-0.1, -0.05) is 17.7 Å². The molecule has 0 fully saturated rings. The normalized spacial score (nSPS) is 14.6. The van der Waals surface area contributed by atoms with Crippen LogP contribution in [0.15, 0.2) is 29.8 Å². The van der Waals surface area contributed by atoms with Gasteiger partial charge in [0.2, 0.25) is 15.9 Å². The van der Waals surface area contributed by atoms with Gasteiger partial charge in [0.25, 0.3) is 0 Å². The number of nitrogens with zero attached hydrogens (tertiary/aromatic N) is 1. The molecular formula is C21H32N2O3S. The summed E-state index contributed by atoms with van der Waals surface area (Å²) in [7, 11) is -3.38. The van der Waals surface area contributed by atoms with Gasteiger partial charge in [-0.15, -0.1) is 0 Å². The summed E-state index contributed by atoms with van der Waals surface area (Å²) in [5.41, 5.74) is 4.28. The monoisotopic (exact) mass is 392 g/mol. The van der Waals surface area contributed by atoms with Crippen LogP contribution in [0.2, 0.25) is 0 Å². The number of anilines is 1. The van der Waals surface area contributed by atoms with Gasteiger partial charge in [-0.3, -0.25) is 9.10 Å². The third-order valence-electron chi connectivity index (χ3n) is 5.10. The summed E-state index contributed by atoms with van der Waals surface area (Å²) < 4.78 is 25.7. The van der Waals surface area contributed by atoms with Gasteiger partial charge in [-0.2, -0.15) is 0 Å². The molecule has 0 unspecified atom stereocenters. The van der Waals surface area contributed by atoms with E-state index < -0.39 is 10.0 Å². The first-order chi connectivity index (χ1) is 12.8. The number of hydrogen-bond acceptors (Lipinski definition) is 3. The van der Waals surface area contributed by atoms with Crippen molar-refractivity contribution >= 4 is 21.6 Å². The third-order valence-corrected chi connectivity index (χ3v) is 6.29. The minimum Gasteiger partial charge on any atom is -0.356 e. The van der Waals surface area contributed by atoms with Gasteiger partial charge in [-0.25, -0.2) is 8.42 Å². The number of carbonyl (C=O) groups excluding carboxylic acids is 1. The van der Waals surface area contributed by atoms with Crippen molar-refractivity contribution in [1.29, 1.82) is 0 Å². The van der Waals surface area contributed by atoms with Gasteiger partial charge in [-0.05, 0) is 75.6 Å². The highest BCUT2D eigenvalue weighted by Crippen LogP contribution is 2.22. The Labute approximate surface area is 163 Å². The van der Waals surface area contributed by atoms with Crippen molar-refractivity contribution in [1.82, 2.24) is 5.32 Å². The third kappa shape index (κ3) is 7.01. The average molecular weight is 393 g/mol. The van der Waals surface area contributed by atoms with Crippen molar-refractivity contribution in [3.05, 3.63) is 41.0 Å². The average Bonchev–Trinajstić information content (AvgIpc) is 2.61. The Kier molecular flexibility index (Phi) is 7.90. The summed E-state index contributed by atoms with van der Waals surface area (Å²) in [4.78, 5) is 12.1. The smallest absolute Gasteiger partial charge is 0.232 e. The van der Waals surface area contributed by atoms with Gasteiger partial charge in [0.1, 0.15) is 0 Å². The van der Waals surface area contributed by atoms with E-state index in [4.69, 9.17) is 0 Å². The van der Waals surface area contributed by atoms with Crippen molar-refractivity contribution in [2.75, 3.05) is 23.7 Å². The minimum absolute atomic E-state index is 0.0139. The lowest BCUT2D eigenvalue weighted by atomic mass is 9.97. The van der Waals surface area contributed by atoms with E-state index in [1.54, 1.807) is 0 Å². The zero-order valence-corrected chi connectivity index (χ0v) is 17.6. The van der Waals surface area contributed by atoms with Crippen molar-refractivity contribution in [2.45, 2.75) is 58.8 Å². The Morgan fingerprint density at radius 3 is 2.59 bits per heavy atom. The van der Waals surface area contributed by atoms with Crippen LogP contribution < -0.4 is 9.62 Å². The van der Waals surface area contributed by atoms with E-state index in [1.807, 2.05) is 32.0 Å². The first kappa shape index (κ1) is 21.5. The molecule has 0 atom stereocenters. The largest absolute Gasteiger partial charge is 0.356 e. The Hall–Kier alpha value is -1.82. The summed E-state index contributed by atoms with van der Waals surface area (Å²) in [5, 5.41) is 2.95. The van der Waals surface area contributed by atoms with Crippen molar-refractivity contribution in [2.24, 2.45) is 0 Å². The molecule has 1 aromatic carbocycles. The van der Waals surface area contributed by atoms with E-state index in [1.165, 1.54) is 29.0 Å². The highest BCUT2D eigenvalue weighted by atomic mass is 32.2. The van der Waals surface area contributed by atoms with Crippen LogP contribution in [0.5, 0.6) is 0 Å². The Bertz CT molecular complexity index is 785. The number of sulfonamides is 1. The van der Waals surface area contributed by atoms with Gasteiger partial charge < -0.3 is 5.32 Å². The minimum atomic E-state index is -3.38. The first-order valence-electron chi connectivity index (χ1n) is 9.77. The maximum absolute atomic E-state index is 12.2. The van der Waals surface area contributed by atoms with E-state index in [9.17, 15) is 13.2 Å². The molecule has 1 N–H and O–H groups in total. The predicted octanol–water partition coefficient (Wildman–Crippen LogP) is 3.86.